The van der Waals surface area contributed by atoms with Crippen LogP contribution in [-0.4, -0.2) is 44.0 Å². The minimum absolute atomic E-state index is 0.201. The average Bonchev–Trinajstić information content (AvgIpc) is 2.65. The van der Waals surface area contributed by atoms with E-state index in [9.17, 15) is 9.18 Å². The zero-order valence-corrected chi connectivity index (χ0v) is 15.7. The van der Waals surface area contributed by atoms with Gasteiger partial charge >= 0.3 is 5.97 Å². The van der Waals surface area contributed by atoms with Gasteiger partial charge in [0.1, 0.15) is 11.5 Å². The fourth-order valence-corrected chi connectivity index (χ4v) is 2.87. The molecule has 0 atom stereocenters. The van der Waals surface area contributed by atoms with E-state index in [2.05, 4.69) is 4.99 Å². The molecule has 1 aliphatic heterocycles. The topological polar surface area (TPSA) is 51.1 Å². The molecule has 1 aliphatic rings. The highest BCUT2D eigenvalue weighted by atomic mass is 19.1. The molecule has 0 spiro atoms. The third kappa shape index (κ3) is 4.01. The largest absolute Gasteiger partial charge is 0.446 e. The first-order valence-electron chi connectivity index (χ1n) is 8.86. The molecule has 0 aromatic heterocycles. The SMILES string of the molecule is CCN(C)/C=N/c1cc(C)c(C2(OC(=O)c3ccccc3)COC2)cc1F. The number of carbonyl (C=O) groups excluding carboxylic acids is 1. The first-order chi connectivity index (χ1) is 12.9. The molecular weight excluding hydrogens is 347 g/mol. The summed E-state index contributed by atoms with van der Waals surface area (Å²) in [6.45, 7) is 5.02. The third-order valence-corrected chi connectivity index (χ3v) is 4.65. The fourth-order valence-electron chi connectivity index (χ4n) is 2.87. The van der Waals surface area contributed by atoms with Gasteiger partial charge in [-0.1, -0.05) is 18.2 Å². The molecule has 142 valence electrons. The Morgan fingerprint density at radius 3 is 2.63 bits per heavy atom. The third-order valence-electron chi connectivity index (χ3n) is 4.65. The number of halogens is 1. The number of rotatable bonds is 6. The van der Waals surface area contributed by atoms with E-state index in [1.54, 1.807) is 36.7 Å². The van der Waals surface area contributed by atoms with Crippen molar-refractivity contribution in [1.29, 1.82) is 0 Å². The lowest BCUT2D eigenvalue weighted by molar-refractivity contribution is -0.187. The molecule has 5 nitrogen and oxygen atoms in total. The minimum Gasteiger partial charge on any atom is -0.446 e. The fraction of sp³-hybridized carbons (Fsp3) is 0.333. The van der Waals surface area contributed by atoms with Crippen LogP contribution < -0.4 is 0 Å². The Labute approximate surface area is 158 Å². The van der Waals surface area contributed by atoms with Gasteiger partial charge in [-0.15, -0.1) is 0 Å². The van der Waals surface area contributed by atoms with E-state index >= 15 is 0 Å². The van der Waals surface area contributed by atoms with Crippen molar-refractivity contribution in [2.24, 2.45) is 4.99 Å². The van der Waals surface area contributed by atoms with E-state index in [1.807, 2.05) is 31.9 Å². The summed E-state index contributed by atoms with van der Waals surface area (Å²) < 4.78 is 25.7. The summed E-state index contributed by atoms with van der Waals surface area (Å²) >= 11 is 0. The number of aliphatic imine (C=N–C) groups is 1. The van der Waals surface area contributed by atoms with Crippen molar-refractivity contribution in [3.8, 4) is 0 Å². The zero-order chi connectivity index (χ0) is 19.4. The highest BCUT2D eigenvalue weighted by Gasteiger charge is 2.46. The lowest BCUT2D eigenvalue weighted by atomic mass is 9.87. The number of benzene rings is 2. The highest BCUT2D eigenvalue weighted by molar-refractivity contribution is 5.89. The molecule has 0 saturated carbocycles. The number of nitrogens with zero attached hydrogens (tertiary/aromatic N) is 2. The van der Waals surface area contributed by atoms with Crippen LogP contribution in [0.2, 0.25) is 0 Å². The van der Waals surface area contributed by atoms with Crippen molar-refractivity contribution in [3.05, 3.63) is 65.0 Å². The molecule has 2 aromatic carbocycles. The second-order valence-corrected chi connectivity index (χ2v) is 6.68. The lowest BCUT2D eigenvalue weighted by Crippen LogP contribution is -2.50. The molecule has 2 aromatic rings. The van der Waals surface area contributed by atoms with Crippen molar-refractivity contribution < 1.29 is 18.7 Å². The molecule has 3 rings (SSSR count). The van der Waals surface area contributed by atoms with E-state index in [1.165, 1.54) is 6.07 Å². The first-order valence-corrected chi connectivity index (χ1v) is 8.86. The molecule has 0 radical (unpaired) electrons. The van der Waals surface area contributed by atoms with E-state index in [-0.39, 0.29) is 18.9 Å². The van der Waals surface area contributed by atoms with Gasteiger partial charge in [-0.3, -0.25) is 0 Å². The quantitative estimate of drug-likeness (QED) is 0.441. The van der Waals surface area contributed by atoms with Gasteiger partial charge in [0.2, 0.25) is 0 Å². The van der Waals surface area contributed by atoms with E-state index < -0.39 is 17.4 Å². The Balaban J connectivity index is 1.88. The number of aryl methyl sites for hydroxylation is 1. The lowest BCUT2D eigenvalue weighted by Gasteiger charge is -2.41. The number of ether oxygens (including phenoxy) is 2. The van der Waals surface area contributed by atoms with Crippen LogP contribution in [0.15, 0.2) is 47.5 Å². The Bertz CT molecular complexity index is 848. The average molecular weight is 370 g/mol. The molecule has 27 heavy (non-hydrogen) atoms. The van der Waals surface area contributed by atoms with Crippen LogP contribution in [0.5, 0.6) is 0 Å². The van der Waals surface area contributed by atoms with Gasteiger partial charge in [0, 0.05) is 19.2 Å². The summed E-state index contributed by atoms with van der Waals surface area (Å²) in [4.78, 5) is 18.6. The maximum absolute atomic E-state index is 14.6. The first kappa shape index (κ1) is 19.0. The van der Waals surface area contributed by atoms with E-state index in [0.29, 0.717) is 11.1 Å². The van der Waals surface area contributed by atoms with E-state index in [4.69, 9.17) is 9.47 Å². The Kier molecular flexibility index (Phi) is 5.56. The number of hydrogen-bond acceptors (Lipinski definition) is 4. The summed E-state index contributed by atoms with van der Waals surface area (Å²) in [7, 11) is 1.87. The van der Waals surface area contributed by atoms with Crippen molar-refractivity contribution in [3.63, 3.8) is 0 Å². The van der Waals surface area contributed by atoms with Crippen LogP contribution in [0.25, 0.3) is 0 Å². The molecule has 0 aliphatic carbocycles. The normalized spacial score (nSPS) is 15.4. The van der Waals surface area contributed by atoms with Gasteiger partial charge < -0.3 is 14.4 Å². The maximum atomic E-state index is 14.6. The molecule has 1 saturated heterocycles. The Morgan fingerprint density at radius 1 is 1.33 bits per heavy atom. The summed E-state index contributed by atoms with van der Waals surface area (Å²) in [6, 6.07) is 11.8. The minimum atomic E-state index is -0.972. The van der Waals surface area contributed by atoms with Gasteiger partial charge in [-0.05, 0) is 43.7 Å². The maximum Gasteiger partial charge on any atom is 0.339 e. The van der Waals surface area contributed by atoms with Crippen LogP contribution in [0.3, 0.4) is 0 Å². The molecule has 0 bridgehead atoms. The van der Waals surface area contributed by atoms with Crippen LogP contribution in [0.1, 0.15) is 28.4 Å². The second-order valence-electron chi connectivity index (χ2n) is 6.68. The molecule has 6 heteroatoms. The van der Waals surface area contributed by atoms with Crippen LogP contribution >= 0.6 is 0 Å². The van der Waals surface area contributed by atoms with Crippen molar-refractivity contribution in [1.82, 2.24) is 4.90 Å². The van der Waals surface area contributed by atoms with Gasteiger partial charge in [0.25, 0.3) is 0 Å². The summed E-state index contributed by atoms with van der Waals surface area (Å²) in [5.74, 6) is -0.913. The molecule has 0 unspecified atom stereocenters. The molecule has 0 amide bonds. The molecule has 1 heterocycles. The highest BCUT2D eigenvalue weighted by Crippen LogP contribution is 2.38. The number of esters is 1. The number of hydrogen-bond donors (Lipinski definition) is 0. The summed E-state index contributed by atoms with van der Waals surface area (Å²) in [5.41, 5.74) is 1.14. The summed E-state index contributed by atoms with van der Waals surface area (Å²) in [6.07, 6.45) is 1.59. The van der Waals surface area contributed by atoms with Gasteiger partial charge in [-0.25, -0.2) is 14.2 Å². The van der Waals surface area contributed by atoms with Crippen LogP contribution in [0.4, 0.5) is 10.1 Å². The van der Waals surface area contributed by atoms with Gasteiger partial charge in [0.05, 0.1) is 25.1 Å². The zero-order valence-electron chi connectivity index (χ0n) is 15.7. The molecular formula is C21H23FN2O3. The molecule has 1 fully saturated rings. The molecule has 0 N–H and O–H groups in total. The van der Waals surface area contributed by atoms with Crippen molar-refractivity contribution >= 4 is 18.0 Å². The van der Waals surface area contributed by atoms with Crippen molar-refractivity contribution in [2.45, 2.75) is 19.4 Å². The predicted molar refractivity (Wildman–Crippen MR) is 102 cm³/mol. The standard InChI is InChI=1S/C21H23FN2O3/c1-4-24(3)14-23-19-10-15(2)17(11-18(19)22)21(12-26-13-21)27-20(25)16-8-6-5-7-9-16/h5-11,14H,4,12-13H2,1-3H3/b23-14+. The van der Waals surface area contributed by atoms with Crippen LogP contribution in [-0.2, 0) is 15.1 Å². The number of carbonyl (C=O) groups is 1. The monoisotopic (exact) mass is 370 g/mol. The van der Waals surface area contributed by atoms with Gasteiger partial charge in [-0.2, -0.15) is 0 Å². The van der Waals surface area contributed by atoms with Crippen molar-refractivity contribution in [2.75, 3.05) is 26.8 Å². The Hall–Kier alpha value is -2.73. The van der Waals surface area contributed by atoms with Crippen LogP contribution in [0, 0.1) is 12.7 Å². The second kappa shape index (κ2) is 7.88. The smallest absolute Gasteiger partial charge is 0.339 e. The predicted octanol–water partition coefficient (Wildman–Crippen LogP) is 3.83. The summed E-state index contributed by atoms with van der Waals surface area (Å²) in [5, 5.41) is 0. The van der Waals surface area contributed by atoms with E-state index in [0.717, 1.165) is 12.1 Å². The Morgan fingerprint density at radius 2 is 2.04 bits per heavy atom. The van der Waals surface area contributed by atoms with Gasteiger partial charge in [0.15, 0.2) is 5.60 Å².